The van der Waals surface area contributed by atoms with Crippen LogP contribution in [-0.4, -0.2) is 7.05 Å². The van der Waals surface area contributed by atoms with Crippen molar-refractivity contribution in [3.05, 3.63) is 7.43 Å². The number of nitrogens with two attached hydrogens (primary N) is 1. The Hall–Kier alpha value is 0.622. The Labute approximate surface area is 82.4 Å². The largest absolute Gasteiger partial charge is 0.358 e. The molecule has 2 N–H and O–H groups in total. The van der Waals surface area contributed by atoms with Crippen molar-refractivity contribution in [2.75, 3.05) is 7.05 Å². The molecule has 0 aromatic rings. The zero-order chi connectivity index (χ0) is 8.00. The average Bonchev–Trinajstić information content (AvgIpc) is 2.03. The zero-order valence-electron chi connectivity index (χ0n) is 8.96. The molecular formula is C8H26NRe-. The molecule has 2 heteroatoms. The fourth-order valence-corrected chi connectivity index (χ4v) is 0. The number of hydrogen-bond donors (Lipinski definition) is 1. The summed E-state index contributed by atoms with van der Waals surface area (Å²) in [5.74, 6) is 0. The van der Waals surface area contributed by atoms with Gasteiger partial charge in [0.1, 0.15) is 0 Å². The molecule has 1 radical (unpaired) electrons. The summed E-state index contributed by atoms with van der Waals surface area (Å²) in [7, 11) is 1.50. The summed E-state index contributed by atoms with van der Waals surface area (Å²) in [6.45, 7) is 12.0. The van der Waals surface area contributed by atoms with Gasteiger partial charge in [0.25, 0.3) is 0 Å². The second-order valence-electron chi connectivity index (χ2n) is 0. The molecule has 0 atom stereocenters. The van der Waals surface area contributed by atoms with Gasteiger partial charge in [0.05, 0.1) is 0 Å². The third-order valence-corrected chi connectivity index (χ3v) is 0. The average molecular weight is 323 g/mol. The third-order valence-electron chi connectivity index (χ3n) is 0. The van der Waals surface area contributed by atoms with Gasteiger partial charge in [-0.2, -0.15) is 0 Å². The molecule has 0 heterocycles. The predicted molar refractivity (Wildman–Crippen MR) is 50.6 cm³/mol. The topological polar surface area (TPSA) is 26.0 Å². The maximum Gasteiger partial charge on any atom is 0 e. The summed E-state index contributed by atoms with van der Waals surface area (Å²) < 4.78 is 0. The monoisotopic (exact) mass is 323 g/mol. The van der Waals surface area contributed by atoms with Gasteiger partial charge in [-0.3, -0.25) is 0 Å². The Kier molecular flexibility index (Phi) is 8500. The SMILES string of the molecule is CC.CC.CC.CN.[CH3-].[Re]. The molecule has 0 saturated heterocycles. The molecule has 0 aliphatic rings. The van der Waals surface area contributed by atoms with E-state index in [0.29, 0.717) is 0 Å². The third kappa shape index (κ3) is 1290. The van der Waals surface area contributed by atoms with E-state index in [1.165, 1.54) is 7.05 Å². The van der Waals surface area contributed by atoms with Crippen molar-refractivity contribution in [3.8, 4) is 0 Å². The van der Waals surface area contributed by atoms with Gasteiger partial charge in [0.15, 0.2) is 0 Å². The molecule has 0 fully saturated rings. The van der Waals surface area contributed by atoms with Crippen LogP contribution >= 0.6 is 0 Å². The number of rotatable bonds is 0. The van der Waals surface area contributed by atoms with E-state index in [9.17, 15) is 0 Å². The fraction of sp³-hybridized carbons (Fsp3) is 0.875. The van der Waals surface area contributed by atoms with Crippen molar-refractivity contribution in [2.24, 2.45) is 5.73 Å². The van der Waals surface area contributed by atoms with Crippen LogP contribution in [0, 0.1) is 7.43 Å². The molecule has 0 aliphatic carbocycles. The Morgan fingerprint density at radius 2 is 0.600 bits per heavy atom. The van der Waals surface area contributed by atoms with Crippen LogP contribution in [0.2, 0.25) is 0 Å². The quantitative estimate of drug-likeness (QED) is 0.682. The van der Waals surface area contributed by atoms with E-state index in [-0.39, 0.29) is 27.8 Å². The van der Waals surface area contributed by atoms with Crippen LogP contribution < -0.4 is 5.73 Å². The molecule has 10 heavy (non-hydrogen) atoms. The molecule has 0 spiro atoms. The molecule has 0 aromatic carbocycles. The van der Waals surface area contributed by atoms with Crippen molar-refractivity contribution < 1.29 is 20.4 Å². The molecule has 71 valence electrons. The van der Waals surface area contributed by atoms with Gasteiger partial charge in [-0.1, -0.05) is 41.5 Å². The second-order valence-corrected chi connectivity index (χ2v) is 0. The molecule has 0 saturated carbocycles. The van der Waals surface area contributed by atoms with E-state index in [1.807, 2.05) is 41.5 Å². The van der Waals surface area contributed by atoms with Crippen LogP contribution in [0.4, 0.5) is 0 Å². The first-order valence-corrected chi connectivity index (χ1v) is 3.58. The smallest absolute Gasteiger partial charge is 0 e. The van der Waals surface area contributed by atoms with Crippen molar-refractivity contribution in [3.63, 3.8) is 0 Å². The predicted octanol–water partition coefficient (Wildman–Crippen LogP) is 3.10. The first-order chi connectivity index (χ1) is 4.00. The van der Waals surface area contributed by atoms with Crippen LogP contribution in [0.25, 0.3) is 0 Å². The van der Waals surface area contributed by atoms with Gasteiger partial charge >= 0.3 is 0 Å². The normalized spacial score (nSPS) is 2.40. The minimum Gasteiger partial charge on any atom is -0.358 e. The van der Waals surface area contributed by atoms with Crippen molar-refractivity contribution in [2.45, 2.75) is 41.5 Å². The first-order valence-electron chi connectivity index (χ1n) is 3.58. The Morgan fingerprint density at radius 1 is 0.600 bits per heavy atom. The van der Waals surface area contributed by atoms with Crippen molar-refractivity contribution in [1.82, 2.24) is 0 Å². The van der Waals surface area contributed by atoms with Crippen molar-refractivity contribution in [1.29, 1.82) is 0 Å². The Bertz CT molecular complexity index is 9.22. The molecule has 0 unspecified atom stereocenters. The molecule has 0 aromatic heterocycles. The second kappa shape index (κ2) is 1850. The summed E-state index contributed by atoms with van der Waals surface area (Å²) >= 11 is 0. The van der Waals surface area contributed by atoms with Gasteiger partial charge in [0.2, 0.25) is 0 Å². The van der Waals surface area contributed by atoms with Gasteiger partial charge in [-0.05, 0) is 7.05 Å². The van der Waals surface area contributed by atoms with Gasteiger partial charge in [-0.15, -0.1) is 0 Å². The minimum atomic E-state index is 0. The molecule has 0 aliphatic heterocycles. The standard InChI is InChI=1S/3C2H6.CH5N.CH3.Re/c4*1-2;;/h3*1-2H3;2H2,1H3;1H3;/q;;;;-1;. The molecule has 0 bridgehead atoms. The van der Waals surface area contributed by atoms with Crippen LogP contribution in [0.15, 0.2) is 0 Å². The molecule has 0 amide bonds. The van der Waals surface area contributed by atoms with E-state index in [4.69, 9.17) is 0 Å². The first kappa shape index (κ1) is 46.0. The Balaban J connectivity index is -0.00000000500. The molecular weight excluding hydrogens is 296 g/mol. The summed E-state index contributed by atoms with van der Waals surface area (Å²) in [5, 5.41) is 0. The van der Waals surface area contributed by atoms with E-state index >= 15 is 0 Å². The molecule has 1 nitrogen and oxygen atoms in total. The Morgan fingerprint density at radius 3 is 0.600 bits per heavy atom. The van der Waals surface area contributed by atoms with Gasteiger partial charge in [-0.25, -0.2) is 0 Å². The van der Waals surface area contributed by atoms with Crippen LogP contribution in [0.3, 0.4) is 0 Å². The minimum absolute atomic E-state index is 0. The maximum absolute atomic E-state index is 4.50. The summed E-state index contributed by atoms with van der Waals surface area (Å²) in [6, 6.07) is 0. The van der Waals surface area contributed by atoms with E-state index in [1.54, 1.807) is 0 Å². The summed E-state index contributed by atoms with van der Waals surface area (Å²) in [5.41, 5.74) is 4.50. The van der Waals surface area contributed by atoms with Crippen LogP contribution in [-0.2, 0) is 20.4 Å². The van der Waals surface area contributed by atoms with E-state index < -0.39 is 0 Å². The summed E-state index contributed by atoms with van der Waals surface area (Å²) in [4.78, 5) is 0. The zero-order valence-corrected chi connectivity index (χ0v) is 11.7. The maximum atomic E-state index is 4.50. The van der Waals surface area contributed by atoms with Gasteiger partial charge in [0, 0.05) is 20.4 Å². The van der Waals surface area contributed by atoms with E-state index in [2.05, 4.69) is 5.73 Å². The molecule has 0 rings (SSSR count). The van der Waals surface area contributed by atoms with Crippen LogP contribution in [0.5, 0.6) is 0 Å². The van der Waals surface area contributed by atoms with Crippen molar-refractivity contribution >= 4 is 0 Å². The van der Waals surface area contributed by atoms with Gasteiger partial charge < -0.3 is 13.2 Å². The fourth-order valence-electron chi connectivity index (χ4n) is 0. The van der Waals surface area contributed by atoms with E-state index in [0.717, 1.165) is 0 Å². The summed E-state index contributed by atoms with van der Waals surface area (Å²) in [6.07, 6.45) is 0. The number of hydrogen-bond acceptors (Lipinski definition) is 1. The van der Waals surface area contributed by atoms with Crippen LogP contribution in [0.1, 0.15) is 41.5 Å².